The number of H-pyrrole nitrogens is 1. The van der Waals surface area contributed by atoms with Crippen LogP contribution in [-0.4, -0.2) is 25.6 Å². The molecule has 2 aromatic heterocycles. The van der Waals surface area contributed by atoms with E-state index in [-0.39, 0.29) is 17.8 Å². The van der Waals surface area contributed by atoms with E-state index in [0.29, 0.717) is 16.8 Å². The van der Waals surface area contributed by atoms with Crippen LogP contribution in [0.4, 0.5) is 10.1 Å². The lowest BCUT2D eigenvalue weighted by Gasteiger charge is -2.08. The van der Waals surface area contributed by atoms with Crippen molar-refractivity contribution in [2.45, 2.75) is 6.54 Å². The van der Waals surface area contributed by atoms with Crippen LogP contribution in [0, 0.1) is 5.82 Å². The maximum absolute atomic E-state index is 13.4. The maximum Gasteiger partial charge on any atom is 0.439 e. The van der Waals surface area contributed by atoms with E-state index in [0.717, 1.165) is 10.6 Å². The van der Waals surface area contributed by atoms with Crippen LogP contribution in [0.15, 0.2) is 62.9 Å². The number of fused-ring (bicyclic) bond motifs is 1. The summed E-state index contributed by atoms with van der Waals surface area (Å²) < 4.78 is 18.9. The van der Waals surface area contributed by atoms with Gasteiger partial charge in [-0.25, -0.2) is 14.2 Å². The van der Waals surface area contributed by atoms with Crippen molar-refractivity contribution < 1.29 is 13.7 Å². The van der Waals surface area contributed by atoms with Gasteiger partial charge in [0, 0.05) is 11.3 Å². The number of amides is 1. The summed E-state index contributed by atoms with van der Waals surface area (Å²) in [5.41, 5.74) is 0.919. The summed E-state index contributed by atoms with van der Waals surface area (Å²) in [4.78, 5) is 42.1. The molecular formula is C18H12FN5O4. The number of anilines is 1. The third-order valence-corrected chi connectivity index (χ3v) is 3.98. The van der Waals surface area contributed by atoms with Crippen LogP contribution < -0.4 is 16.6 Å². The van der Waals surface area contributed by atoms with Crippen LogP contribution in [0.25, 0.3) is 22.3 Å². The van der Waals surface area contributed by atoms with Crippen molar-refractivity contribution in [2.75, 3.05) is 5.32 Å². The molecule has 0 bridgehead atoms. The van der Waals surface area contributed by atoms with Crippen LogP contribution >= 0.6 is 0 Å². The highest BCUT2D eigenvalue weighted by atomic mass is 19.1. The summed E-state index contributed by atoms with van der Waals surface area (Å²) in [5.74, 6) is -1.41. The van der Waals surface area contributed by atoms with Gasteiger partial charge in [-0.3, -0.25) is 23.7 Å². The fraction of sp³-hybridized carbons (Fsp3) is 0.0556. The van der Waals surface area contributed by atoms with Gasteiger partial charge in [0.2, 0.25) is 5.91 Å². The Morgan fingerprint density at radius 1 is 1.18 bits per heavy atom. The fourth-order valence-corrected chi connectivity index (χ4v) is 2.66. The first kappa shape index (κ1) is 17.3. The van der Waals surface area contributed by atoms with E-state index in [1.165, 1.54) is 18.5 Å². The first-order chi connectivity index (χ1) is 13.5. The molecule has 28 heavy (non-hydrogen) atoms. The van der Waals surface area contributed by atoms with E-state index in [2.05, 4.69) is 25.0 Å². The second kappa shape index (κ2) is 6.91. The number of carbonyl (C=O) groups is 1. The Labute approximate surface area is 155 Å². The monoisotopic (exact) mass is 381 g/mol. The normalized spacial score (nSPS) is 10.9. The van der Waals surface area contributed by atoms with Crippen molar-refractivity contribution in [2.24, 2.45) is 0 Å². The standard InChI is InChI=1S/C18H12FN5O4/c19-11-3-6-14-13(7-11)17(26)24(9-20-14)8-15(25)21-12-4-1-10(2-5-12)16-22-18(27)28-23-16/h1-7,9H,8H2,(H,21,25)(H,22,23,27). The summed E-state index contributed by atoms with van der Waals surface area (Å²) in [6, 6.07) is 10.2. The molecule has 9 nitrogen and oxygen atoms in total. The zero-order chi connectivity index (χ0) is 19.7. The van der Waals surface area contributed by atoms with Gasteiger partial charge >= 0.3 is 5.76 Å². The van der Waals surface area contributed by atoms with Crippen molar-refractivity contribution in [3.05, 3.63) is 75.5 Å². The SMILES string of the molecule is O=C(Cn1cnc2ccc(F)cc2c1=O)Nc1ccc(-c2noc(=O)[nH]2)cc1. The van der Waals surface area contributed by atoms with Gasteiger partial charge in [0.05, 0.1) is 17.2 Å². The van der Waals surface area contributed by atoms with Crippen LogP contribution in [0.5, 0.6) is 0 Å². The van der Waals surface area contributed by atoms with Crippen LogP contribution in [0.2, 0.25) is 0 Å². The number of benzene rings is 2. The molecule has 0 aliphatic heterocycles. The first-order valence-electron chi connectivity index (χ1n) is 8.10. The van der Waals surface area contributed by atoms with Gasteiger partial charge in [0.25, 0.3) is 5.56 Å². The van der Waals surface area contributed by atoms with Gasteiger partial charge in [-0.1, -0.05) is 5.16 Å². The van der Waals surface area contributed by atoms with Crippen molar-refractivity contribution in [3.8, 4) is 11.4 Å². The zero-order valence-corrected chi connectivity index (χ0v) is 14.2. The van der Waals surface area contributed by atoms with Crippen molar-refractivity contribution >= 4 is 22.5 Å². The predicted octanol–water partition coefficient (Wildman–Crippen LogP) is 1.52. The Hall–Kier alpha value is -4.08. The molecule has 0 aliphatic rings. The van der Waals surface area contributed by atoms with Gasteiger partial charge < -0.3 is 5.32 Å². The average Bonchev–Trinajstić information content (AvgIpc) is 3.11. The van der Waals surface area contributed by atoms with Crippen LogP contribution in [-0.2, 0) is 11.3 Å². The third kappa shape index (κ3) is 3.43. The molecule has 2 aromatic carbocycles. The van der Waals surface area contributed by atoms with Crippen LogP contribution in [0.3, 0.4) is 0 Å². The molecule has 4 rings (SSSR count). The van der Waals surface area contributed by atoms with Crippen LogP contribution in [0.1, 0.15) is 0 Å². The van der Waals surface area contributed by atoms with Crippen molar-refractivity contribution in [3.63, 3.8) is 0 Å². The lowest BCUT2D eigenvalue weighted by Crippen LogP contribution is -2.28. The number of hydrogen-bond donors (Lipinski definition) is 2. The molecule has 2 N–H and O–H groups in total. The van der Waals surface area contributed by atoms with Gasteiger partial charge in [0.15, 0.2) is 5.82 Å². The van der Waals surface area contributed by atoms with E-state index in [4.69, 9.17) is 0 Å². The molecule has 10 heteroatoms. The minimum atomic E-state index is -0.665. The number of carbonyl (C=O) groups excluding carboxylic acids is 1. The maximum atomic E-state index is 13.4. The molecule has 0 spiro atoms. The highest BCUT2D eigenvalue weighted by molar-refractivity contribution is 5.91. The minimum Gasteiger partial charge on any atom is -0.325 e. The Bertz CT molecular complexity index is 1290. The summed E-state index contributed by atoms with van der Waals surface area (Å²) >= 11 is 0. The van der Waals surface area contributed by atoms with E-state index >= 15 is 0 Å². The Kier molecular flexibility index (Phi) is 4.28. The lowest BCUT2D eigenvalue weighted by molar-refractivity contribution is -0.116. The molecule has 0 saturated carbocycles. The Balaban J connectivity index is 1.50. The zero-order valence-electron chi connectivity index (χ0n) is 14.2. The van der Waals surface area contributed by atoms with Crippen molar-refractivity contribution in [1.29, 1.82) is 0 Å². The van der Waals surface area contributed by atoms with E-state index in [1.807, 2.05) is 0 Å². The molecule has 0 atom stereocenters. The fourth-order valence-electron chi connectivity index (χ4n) is 2.66. The van der Waals surface area contributed by atoms with Gasteiger partial charge in [0.1, 0.15) is 12.4 Å². The van der Waals surface area contributed by atoms with Gasteiger partial charge in [-0.2, -0.15) is 0 Å². The first-order valence-corrected chi connectivity index (χ1v) is 8.10. The molecule has 1 amide bonds. The van der Waals surface area contributed by atoms with E-state index in [9.17, 15) is 18.8 Å². The third-order valence-electron chi connectivity index (χ3n) is 3.98. The highest BCUT2D eigenvalue weighted by Gasteiger charge is 2.10. The molecule has 0 saturated heterocycles. The van der Waals surface area contributed by atoms with Gasteiger partial charge in [-0.15, -0.1) is 0 Å². The molecule has 4 aromatic rings. The summed E-state index contributed by atoms with van der Waals surface area (Å²) in [5, 5.41) is 6.31. The van der Waals surface area contributed by atoms with Gasteiger partial charge in [-0.05, 0) is 42.5 Å². The summed E-state index contributed by atoms with van der Waals surface area (Å²) in [6.45, 7) is -0.281. The molecule has 0 unspecified atom stereocenters. The Morgan fingerprint density at radius 3 is 2.68 bits per heavy atom. The number of rotatable bonds is 4. The second-order valence-corrected chi connectivity index (χ2v) is 5.91. The summed E-state index contributed by atoms with van der Waals surface area (Å²) in [7, 11) is 0. The topological polar surface area (TPSA) is 123 Å². The molecule has 140 valence electrons. The van der Waals surface area contributed by atoms with Crippen molar-refractivity contribution in [1.82, 2.24) is 19.7 Å². The molecule has 0 aliphatic carbocycles. The Morgan fingerprint density at radius 2 is 1.96 bits per heavy atom. The number of nitrogens with one attached hydrogen (secondary N) is 2. The number of hydrogen-bond acceptors (Lipinski definition) is 6. The number of nitrogens with zero attached hydrogens (tertiary/aromatic N) is 3. The predicted molar refractivity (Wildman–Crippen MR) is 97.2 cm³/mol. The molecule has 0 fully saturated rings. The molecule has 0 radical (unpaired) electrons. The number of aromatic amines is 1. The molecular weight excluding hydrogens is 369 g/mol. The number of aromatic nitrogens is 4. The quantitative estimate of drug-likeness (QED) is 0.552. The average molecular weight is 381 g/mol. The lowest BCUT2D eigenvalue weighted by atomic mass is 10.2. The largest absolute Gasteiger partial charge is 0.439 e. The van der Waals surface area contributed by atoms with E-state index < -0.39 is 23.0 Å². The molecule has 2 heterocycles. The highest BCUT2D eigenvalue weighted by Crippen LogP contribution is 2.17. The number of halogens is 1. The summed E-state index contributed by atoms with van der Waals surface area (Å²) in [6.07, 6.45) is 1.24. The second-order valence-electron chi connectivity index (χ2n) is 5.91. The minimum absolute atomic E-state index is 0.0984. The smallest absolute Gasteiger partial charge is 0.325 e. The van der Waals surface area contributed by atoms with E-state index in [1.54, 1.807) is 24.3 Å².